The quantitative estimate of drug-likeness (QED) is 0.319. The third-order valence-electron chi connectivity index (χ3n) is 5.46. The van der Waals surface area contributed by atoms with Crippen molar-refractivity contribution in [2.24, 2.45) is 0 Å². The number of aromatic nitrogens is 1. The average Bonchev–Trinajstić information content (AvgIpc) is 3.31. The van der Waals surface area contributed by atoms with E-state index >= 15 is 0 Å². The van der Waals surface area contributed by atoms with Gasteiger partial charge in [0.05, 0.1) is 16.6 Å². The van der Waals surface area contributed by atoms with Gasteiger partial charge in [0.1, 0.15) is 0 Å². The lowest BCUT2D eigenvalue weighted by molar-refractivity contribution is -0.255. The molecule has 3 aromatic carbocycles. The van der Waals surface area contributed by atoms with E-state index in [2.05, 4.69) is 29.0 Å². The van der Waals surface area contributed by atoms with E-state index in [1.54, 1.807) is 12.1 Å². The van der Waals surface area contributed by atoms with Gasteiger partial charge in [0.2, 0.25) is 0 Å². The van der Waals surface area contributed by atoms with Crippen molar-refractivity contribution < 1.29 is 14.7 Å². The van der Waals surface area contributed by atoms with Gasteiger partial charge in [-0.05, 0) is 35.4 Å². The van der Waals surface area contributed by atoms with Crippen LogP contribution in [0, 0.1) is 0 Å². The van der Waals surface area contributed by atoms with Gasteiger partial charge in [-0.2, -0.15) is 0 Å². The van der Waals surface area contributed by atoms with Crippen LogP contribution in [0.5, 0.6) is 0 Å². The number of amides is 1. The molecule has 0 N–H and O–H groups in total. The Kier molecular flexibility index (Phi) is 5.58. The molecule has 162 valence electrons. The van der Waals surface area contributed by atoms with Crippen molar-refractivity contribution in [3.63, 3.8) is 0 Å². The van der Waals surface area contributed by atoms with Crippen LogP contribution in [0.2, 0.25) is 0 Å². The Morgan fingerprint density at radius 2 is 1.67 bits per heavy atom. The Labute approximate surface area is 199 Å². The first-order chi connectivity index (χ1) is 16.0. The molecule has 5 nitrogen and oxygen atoms in total. The van der Waals surface area contributed by atoms with Crippen LogP contribution in [-0.4, -0.2) is 20.8 Å². The van der Waals surface area contributed by atoms with Crippen LogP contribution in [-0.2, 0) is 11.3 Å². The third-order valence-corrected chi connectivity index (χ3v) is 6.76. The zero-order valence-corrected chi connectivity index (χ0v) is 18.9. The number of carboxylic acids is 1. The summed E-state index contributed by atoms with van der Waals surface area (Å²) < 4.78 is 2.58. The summed E-state index contributed by atoms with van der Waals surface area (Å²) in [5.74, 6) is -1.50. The molecule has 1 fully saturated rings. The fourth-order valence-electron chi connectivity index (χ4n) is 3.88. The maximum Gasteiger partial charge on any atom is 0.270 e. The minimum Gasteiger partial charge on any atom is -0.545 e. The summed E-state index contributed by atoms with van der Waals surface area (Å²) in [7, 11) is 0. The molecule has 5 rings (SSSR count). The molecule has 0 spiro atoms. The fraction of sp³-hybridized carbons (Fsp3) is 0.0385. The topological polar surface area (TPSA) is 65.4 Å². The predicted molar refractivity (Wildman–Crippen MR) is 134 cm³/mol. The number of carboxylic acid groups (broad SMARTS) is 1. The lowest BCUT2D eigenvalue weighted by atomic mass is 10.1. The molecule has 0 unspecified atom stereocenters. The van der Waals surface area contributed by atoms with Gasteiger partial charge in [-0.3, -0.25) is 9.69 Å². The number of benzene rings is 3. The molecule has 2 heterocycles. The molecular weight excluding hydrogens is 452 g/mol. The zero-order chi connectivity index (χ0) is 22.9. The van der Waals surface area contributed by atoms with Crippen molar-refractivity contribution >= 4 is 62.8 Å². The number of hydrogen-bond donors (Lipinski definition) is 0. The molecule has 1 amide bonds. The minimum absolute atomic E-state index is 0.0472. The first-order valence-corrected chi connectivity index (χ1v) is 11.4. The van der Waals surface area contributed by atoms with Crippen LogP contribution >= 0.6 is 24.0 Å². The van der Waals surface area contributed by atoms with E-state index in [-0.39, 0.29) is 11.5 Å². The molecule has 0 radical (unpaired) electrons. The lowest BCUT2D eigenvalue weighted by Gasteiger charge is -2.15. The summed E-state index contributed by atoms with van der Waals surface area (Å²) in [4.78, 5) is 26.1. The first-order valence-electron chi connectivity index (χ1n) is 10.2. The number of nitrogens with zero attached hydrogens (tertiary/aromatic N) is 2. The highest BCUT2D eigenvalue weighted by molar-refractivity contribution is 8.27. The first kappa shape index (κ1) is 21.2. The van der Waals surface area contributed by atoms with Gasteiger partial charge in [0, 0.05) is 29.2 Å². The Balaban J connectivity index is 1.49. The summed E-state index contributed by atoms with van der Waals surface area (Å²) in [6.45, 7) is 0.723. The number of anilines is 1. The number of hydrogen-bond acceptors (Lipinski definition) is 5. The Morgan fingerprint density at radius 1 is 0.970 bits per heavy atom. The molecule has 1 saturated heterocycles. The highest BCUT2D eigenvalue weighted by Gasteiger charge is 2.33. The number of rotatable bonds is 5. The molecule has 0 atom stereocenters. The molecule has 1 aliphatic heterocycles. The SMILES string of the molecule is O=C([O-])c1ccc(N2C(=O)/C(=C/c3cn(Cc4ccccc4)c4ccccc34)SC2=S)cc1. The van der Waals surface area contributed by atoms with Crippen molar-refractivity contribution in [3.8, 4) is 0 Å². The van der Waals surface area contributed by atoms with Crippen LogP contribution in [0.3, 0.4) is 0 Å². The van der Waals surface area contributed by atoms with E-state index in [0.717, 1.165) is 23.0 Å². The number of aromatic carboxylic acids is 1. The van der Waals surface area contributed by atoms with Crippen molar-refractivity contribution in [2.45, 2.75) is 6.54 Å². The summed E-state index contributed by atoms with van der Waals surface area (Å²) in [6, 6.07) is 24.2. The highest BCUT2D eigenvalue weighted by atomic mass is 32.2. The van der Waals surface area contributed by atoms with Crippen molar-refractivity contribution in [1.82, 2.24) is 4.57 Å². The second-order valence-corrected chi connectivity index (χ2v) is 9.24. The van der Waals surface area contributed by atoms with Gasteiger partial charge in [-0.15, -0.1) is 0 Å². The maximum atomic E-state index is 13.2. The molecule has 1 aromatic heterocycles. The molecule has 0 saturated carbocycles. The number of thiocarbonyl (C=S) groups is 1. The van der Waals surface area contributed by atoms with Crippen molar-refractivity contribution in [1.29, 1.82) is 0 Å². The Bertz CT molecular complexity index is 1420. The smallest absolute Gasteiger partial charge is 0.270 e. The molecular formula is C26H17N2O3S2-. The second-order valence-electron chi connectivity index (χ2n) is 7.57. The highest BCUT2D eigenvalue weighted by Crippen LogP contribution is 2.37. The summed E-state index contributed by atoms with van der Waals surface area (Å²) in [5, 5.41) is 12.1. The molecule has 0 aliphatic carbocycles. The van der Waals surface area contributed by atoms with E-state index in [1.807, 2.05) is 42.5 Å². The predicted octanol–water partition coefficient (Wildman–Crippen LogP) is 4.46. The standard InChI is InChI=1S/C26H18N2O3S2/c29-24-23(33-26(32)28(24)20-12-10-18(11-13-20)25(30)31)14-19-16-27(15-17-6-2-1-3-7-17)22-9-5-4-8-21(19)22/h1-14,16H,15H2,(H,30,31)/p-1/b23-14-. The number of carbonyl (C=O) groups excluding carboxylic acids is 2. The summed E-state index contributed by atoms with van der Waals surface area (Å²) >= 11 is 6.69. The fourth-order valence-corrected chi connectivity index (χ4v) is 5.17. The summed E-state index contributed by atoms with van der Waals surface area (Å²) in [6.07, 6.45) is 3.93. The number of thioether (sulfide) groups is 1. The van der Waals surface area contributed by atoms with Crippen molar-refractivity contribution in [3.05, 3.63) is 107 Å². The van der Waals surface area contributed by atoms with Gasteiger partial charge in [-0.1, -0.05) is 84.6 Å². The molecule has 4 aromatic rings. The maximum absolute atomic E-state index is 13.2. The Morgan fingerprint density at radius 3 is 2.39 bits per heavy atom. The van der Waals surface area contributed by atoms with E-state index < -0.39 is 5.97 Å². The van der Waals surface area contributed by atoms with E-state index in [0.29, 0.717) is 14.9 Å². The number of para-hydroxylation sites is 1. The van der Waals surface area contributed by atoms with Crippen LogP contribution < -0.4 is 10.0 Å². The van der Waals surface area contributed by atoms with Crippen LogP contribution in [0.15, 0.2) is 90.0 Å². The van der Waals surface area contributed by atoms with E-state index in [9.17, 15) is 14.7 Å². The Hall–Kier alpha value is -3.68. The van der Waals surface area contributed by atoms with Gasteiger partial charge < -0.3 is 14.5 Å². The van der Waals surface area contributed by atoms with E-state index in [1.165, 1.54) is 34.4 Å². The average molecular weight is 470 g/mol. The molecule has 7 heteroatoms. The largest absolute Gasteiger partial charge is 0.545 e. The van der Waals surface area contributed by atoms with Gasteiger partial charge in [0.15, 0.2) is 4.32 Å². The van der Waals surface area contributed by atoms with Crippen molar-refractivity contribution in [2.75, 3.05) is 4.90 Å². The lowest BCUT2D eigenvalue weighted by Crippen LogP contribution is -2.28. The van der Waals surface area contributed by atoms with Crippen LogP contribution in [0.25, 0.3) is 17.0 Å². The molecule has 1 aliphatic rings. The third kappa shape index (κ3) is 4.08. The number of fused-ring (bicyclic) bond motifs is 1. The number of carbonyl (C=O) groups is 2. The second kappa shape index (κ2) is 8.69. The zero-order valence-electron chi connectivity index (χ0n) is 17.3. The van der Waals surface area contributed by atoms with Gasteiger partial charge >= 0.3 is 0 Å². The monoisotopic (exact) mass is 469 g/mol. The normalized spacial score (nSPS) is 15.0. The van der Waals surface area contributed by atoms with Crippen LogP contribution in [0.4, 0.5) is 5.69 Å². The van der Waals surface area contributed by atoms with E-state index in [4.69, 9.17) is 12.2 Å². The van der Waals surface area contributed by atoms with Gasteiger partial charge in [0.25, 0.3) is 5.91 Å². The molecule has 0 bridgehead atoms. The van der Waals surface area contributed by atoms with Gasteiger partial charge in [-0.25, -0.2) is 0 Å². The van der Waals surface area contributed by atoms with Crippen LogP contribution in [0.1, 0.15) is 21.5 Å². The molecule has 33 heavy (non-hydrogen) atoms. The minimum atomic E-state index is -1.27. The summed E-state index contributed by atoms with van der Waals surface area (Å²) in [5.41, 5.74) is 3.79.